The first-order valence-electron chi connectivity index (χ1n) is 8.73. The van der Waals surface area contributed by atoms with Crippen molar-refractivity contribution in [3.8, 4) is 5.75 Å². The van der Waals surface area contributed by atoms with E-state index in [9.17, 15) is 9.59 Å². The number of ketones is 1. The lowest BCUT2D eigenvalue weighted by atomic mass is 10.1. The van der Waals surface area contributed by atoms with Crippen molar-refractivity contribution in [2.75, 3.05) is 5.32 Å². The number of para-hydroxylation sites is 1. The third kappa shape index (κ3) is 4.41. The van der Waals surface area contributed by atoms with Crippen LogP contribution in [0.1, 0.15) is 29.5 Å². The fourth-order valence-corrected chi connectivity index (χ4v) is 2.63. The SMILES string of the molecule is CCC(Oc1ccccc1)C(=O)Nc1ccc(C(=O)c2nccn2C)cc1. The fourth-order valence-electron chi connectivity index (χ4n) is 2.63. The molecule has 1 heterocycles. The molecule has 1 amide bonds. The van der Waals surface area contributed by atoms with E-state index < -0.39 is 6.10 Å². The first-order valence-corrected chi connectivity index (χ1v) is 8.73. The number of amides is 1. The number of ether oxygens (including phenoxy) is 1. The van der Waals surface area contributed by atoms with E-state index in [-0.39, 0.29) is 11.7 Å². The van der Waals surface area contributed by atoms with Gasteiger partial charge in [0, 0.05) is 30.7 Å². The first-order chi connectivity index (χ1) is 13.1. The molecule has 0 aliphatic rings. The number of carbonyl (C=O) groups is 2. The summed E-state index contributed by atoms with van der Waals surface area (Å²) in [5, 5.41) is 2.83. The van der Waals surface area contributed by atoms with E-state index in [1.807, 2.05) is 37.3 Å². The van der Waals surface area contributed by atoms with Crippen LogP contribution in [-0.4, -0.2) is 27.3 Å². The van der Waals surface area contributed by atoms with Crippen LogP contribution in [0.25, 0.3) is 0 Å². The van der Waals surface area contributed by atoms with Gasteiger partial charge < -0.3 is 14.6 Å². The molecule has 27 heavy (non-hydrogen) atoms. The quantitative estimate of drug-likeness (QED) is 0.653. The summed E-state index contributed by atoms with van der Waals surface area (Å²) in [6, 6.07) is 16.0. The van der Waals surface area contributed by atoms with E-state index in [4.69, 9.17) is 4.74 Å². The summed E-state index contributed by atoms with van der Waals surface area (Å²) in [5.41, 5.74) is 1.11. The van der Waals surface area contributed by atoms with Crippen molar-refractivity contribution in [1.82, 2.24) is 9.55 Å². The van der Waals surface area contributed by atoms with Crippen molar-refractivity contribution < 1.29 is 14.3 Å². The molecule has 3 aromatic rings. The Morgan fingerprint density at radius 2 is 1.81 bits per heavy atom. The molecule has 0 saturated carbocycles. The van der Waals surface area contributed by atoms with Crippen molar-refractivity contribution in [3.05, 3.63) is 78.4 Å². The lowest BCUT2D eigenvalue weighted by Gasteiger charge is -2.17. The van der Waals surface area contributed by atoms with Gasteiger partial charge in [-0.1, -0.05) is 25.1 Å². The highest BCUT2D eigenvalue weighted by atomic mass is 16.5. The van der Waals surface area contributed by atoms with Crippen LogP contribution in [0.15, 0.2) is 67.0 Å². The van der Waals surface area contributed by atoms with Crippen molar-refractivity contribution in [2.45, 2.75) is 19.4 Å². The van der Waals surface area contributed by atoms with Crippen LogP contribution in [0.3, 0.4) is 0 Å². The van der Waals surface area contributed by atoms with Crippen molar-refractivity contribution >= 4 is 17.4 Å². The van der Waals surface area contributed by atoms with Gasteiger partial charge in [-0.25, -0.2) is 4.98 Å². The van der Waals surface area contributed by atoms with Gasteiger partial charge >= 0.3 is 0 Å². The molecule has 1 unspecified atom stereocenters. The highest BCUT2D eigenvalue weighted by Gasteiger charge is 2.19. The van der Waals surface area contributed by atoms with Gasteiger partial charge in [0.2, 0.25) is 5.78 Å². The Hall–Kier alpha value is -3.41. The number of aryl methyl sites for hydroxylation is 1. The topological polar surface area (TPSA) is 73.2 Å². The van der Waals surface area contributed by atoms with Crippen LogP contribution in [0, 0.1) is 0 Å². The van der Waals surface area contributed by atoms with E-state index in [1.165, 1.54) is 0 Å². The highest BCUT2D eigenvalue weighted by Crippen LogP contribution is 2.16. The monoisotopic (exact) mass is 363 g/mol. The number of rotatable bonds is 7. The maximum Gasteiger partial charge on any atom is 0.265 e. The van der Waals surface area contributed by atoms with Gasteiger partial charge in [-0.15, -0.1) is 0 Å². The molecule has 1 aromatic heterocycles. The van der Waals surface area contributed by atoms with E-state index >= 15 is 0 Å². The van der Waals surface area contributed by atoms with Crippen LogP contribution in [0.2, 0.25) is 0 Å². The van der Waals surface area contributed by atoms with Crippen LogP contribution >= 0.6 is 0 Å². The molecule has 1 atom stereocenters. The lowest BCUT2D eigenvalue weighted by molar-refractivity contribution is -0.122. The number of benzene rings is 2. The van der Waals surface area contributed by atoms with Gasteiger partial charge in [-0.3, -0.25) is 9.59 Å². The van der Waals surface area contributed by atoms with Gasteiger partial charge in [0.25, 0.3) is 5.91 Å². The summed E-state index contributed by atoms with van der Waals surface area (Å²) in [5.74, 6) is 0.619. The first kappa shape index (κ1) is 18.4. The second kappa shape index (κ2) is 8.31. The number of nitrogens with one attached hydrogen (secondary N) is 1. The summed E-state index contributed by atoms with van der Waals surface area (Å²) < 4.78 is 7.42. The van der Waals surface area contributed by atoms with Gasteiger partial charge in [-0.2, -0.15) is 0 Å². The number of carbonyl (C=O) groups excluding carboxylic acids is 2. The van der Waals surface area contributed by atoms with Gasteiger partial charge in [0.05, 0.1) is 0 Å². The predicted molar refractivity (Wildman–Crippen MR) is 103 cm³/mol. The molecule has 6 heteroatoms. The zero-order valence-corrected chi connectivity index (χ0v) is 15.3. The van der Waals surface area contributed by atoms with E-state index in [0.717, 1.165) is 0 Å². The van der Waals surface area contributed by atoms with Crippen LogP contribution in [0.4, 0.5) is 5.69 Å². The molecule has 0 saturated heterocycles. The number of hydrogen-bond donors (Lipinski definition) is 1. The molecule has 0 aliphatic carbocycles. The van der Waals surface area contributed by atoms with Crippen LogP contribution in [0.5, 0.6) is 5.75 Å². The Balaban J connectivity index is 1.65. The minimum absolute atomic E-state index is 0.167. The van der Waals surface area contributed by atoms with E-state index in [0.29, 0.717) is 29.2 Å². The van der Waals surface area contributed by atoms with Crippen LogP contribution in [-0.2, 0) is 11.8 Å². The molecule has 2 aromatic carbocycles. The largest absolute Gasteiger partial charge is 0.481 e. The minimum atomic E-state index is -0.596. The summed E-state index contributed by atoms with van der Waals surface area (Å²) >= 11 is 0. The number of imidazole rings is 1. The Kier molecular flexibility index (Phi) is 5.66. The molecule has 1 N–H and O–H groups in total. The Bertz CT molecular complexity index is 917. The zero-order valence-electron chi connectivity index (χ0n) is 15.3. The van der Waals surface area contributed by atoms with Crippen molar-refractivity contribution in [1.29, 1.82) is 0 Å². The Morgan fingerprint density at radius 1 is 1.11 bits per heavy atom. The summed E-state index contributed by atoms with van der Waals surface area (Å²) in [6.45, 7) is 1.89. The standard InChI is InChI=1S/C21H21N3O3/c1-3-18(27-17-7-5-4-6-8-17)21(26)23-16-11-9-15(10-12-16)19(25)20-22-13-14-24(20)2/h4-14,18H,3H2,1-2H3,(H,23,26). The molecular weight excluding hydrogens is 342 g/mol. The minimum Gasteiger partial charge on any atom is -0.481 e. The van der Waals surface area contributed by atoms with E-state index in [1.54, 1.807) is 48.3 Å². The number of hydrogen-bond acceptors (Lipinski definition) is 4. The maximum absolute atomic E-state index is 12.5. The molecule has 0 spiro atoms. The average Bonchev–Trinajstić information content (AvgIpc) is 3.12. The molecular formula is C21H21N3O3. The molecule has 138 valence electrons. The fraction of sp³-hybridized carbons (Fsp3) is 0.190. The van der Waals surface area contributed by atoms with Crippen molar-refractivity contribution in [2.24, 2.45) is 7.05 Å². The van der Waals surface area contributed by atoms with Gasteiger partial charge in [0.1, 0.15) is 5.75 Å². The number of anilines is 1. The van der Waals surface area contributed by atoms with Crippen LogP contribution < -0.4 is 10.1 Å². The van der Waals surface area contributed by atoms with E-state index in [2.05, 4.69) is 10.3 Å². The van der Waals surface area contributed by atoms with Gasteiger partial charge in [0.15, 0.2) is 11.9 Å². The molecule has 0 fully saturated rings. The summed E-state index contributed by atoms with van der Waals surface area (Å²) in [4.78, 5) is 29.0. The second-order valence-corrected chi connectivity index (χ2v) is 6.09. The van der Waals surface area contributed by atoms with Gasteiger partial charge in [-0.05, 0) is 42.8 Å². The molecule has 0 radical (unpaired) electrons. The third-order valence-electron chi connectivity index (χ3n) is 4.12. The number of aromatic nitrogens is 2. The third-order valence-corrected chi connectivity index (χ3v) is 4.12. The number of nitrogens with zero attached hydrogens (tertiary/aromatic N) is 2. The highest BCUT2D eigenvalue weighted by molar-refractivity contribution is 6.07. The molecule has 0 bridgehead atoms. The smallest absolute Gasteiger partial charge is 0.265 e. The summed E-state index contributed by atoms with van der Waals surface area (Å²) in [7, 11) is 1.77. The maximum atomic E-state index is 12.5. The second-order valence-electron chi connectivity index (χ2n) is 6.09. The Labute approximate surface area is 157 Å². The van der Waals surface area contributed by atoms with Crippen molar-refractivity contribution in [3.63, 3.8) is 0 Å². The molecule has 6 nitrogen and oxygen atoms in total. The summed E-state index contributed by atoms with van der Waals surface area (Å²) in [6.07, 6.45) is 3.25. The average molecular weight is 363 g/mol. The normalized spacial score (nSPS) is 11.6. The predicted octanol–water partition coefficient (Wildman–Crippen LogP) is 3.45. The lowest BCUT2D eigenvalue weighted by Crippen LogP contribution is -2.32. The Morgan fingerprint density at radius 3 is 2.41 bits per heavy atom. The zero-order chi connectivity index (χ0) is 19.2. The molecule has 3 rings (SSSR count). The molecule has 0 aliphatic heterocycles.